The number of thioether (sulfide) groups is 1. The van der Waals surface area contributed by atoms with E-state index >= 15 is 0 Å². The zero-order chi connectivity index (χ0) is 13.1. The molecule has 0 radical (unpaired) electrons. The van der Waals surface area contributed by atoms with Gasteiger partial charge in [0.15, 0.2) is 5.82 Å². The number of anilines is 2. The van der Waals surface area contributed by atoms with E-state index in [4.69, 9.17) is 5.73 Å². The van der Waals surface area contributed by atoms with Crippen LogP contribution < -0.4 is 16.0 Å². The molecule has 0 spiro atoms. The van der Waals surface area contributed by atoms with Gasteiger partial charge < -0.3 is 16.0 Å². The predicted molar refractivity (Wildman–Crippen MR) is 77.4 cm³/mol. The number of hydrogen-bond donors (Lipinski definition) is 2. The first-order valence-corrected chi connectivity index (χ1v) is 7.92. The number of nitrogen functional groups attached to an aromatic ring is 1. The molecule has 1 saturated heterocycles. The maximum Gasteiger partial charge on any atom is 0.217 e. The highest BCUT2D eigenvalue weighted by molar-refractivity contribution is 7.99. The molecule has 1 aliphatic heterocycles. The smallest absolute Gasteiger partial charge is 0.217 e. The van der Waals surface area contributed by atoms with E-state index in [1.54, 1.807) is 18.7 Å². The van der Waals surface area contributed by atoms with E-state index in [1.165, 1.54) is 16.5 Å². The van der Waals surface area contributed by atoms with Crippen molar-refractivity contribution in [1.29, 1.82) is 0 Å². The number of nitrogens with zero attached hydrogens (tertiary/aromatic N) is 2. The van der Waals surface area contributed by atoms with Crippen molar-refractivity contribution in [1.82, 2.24) is 9.69 Å². The quantitative estimate of drug-likeness (QED) is 0.825. The van der Waals surface area contributed by atoms with Gasteiger partial charge in [-0.05, 0) is 30.6 Å². The lowest BCUT2D eigenvalue weighted by Crippen LogP contribution is -2.44. The molecule has 2 rings (SSSR count). The van der Waals surface area contributed by atoms with Crippen molar-refractivity contribution in [3.8, 4) is 0 Å². The molecule has 18 heavy (non-hydrogen) atoms. The summed E-state index contributed by atoms with van der Waals surface area (Å²) in [5, 5.41) is 4.15. The van der Waals surface area contributed by atoms with Crippen molar-refractivity contribution >= 4 is 40.0 Å². The second-order valence-electron chi connectivity index (χ2n) is 4.37. The summed E-state index contributed by atoms with van der Waals surface area (Å²) in [5.74, 6) is 0.687. The number of carbonyl (C=O) groups is 1. The van der Waals surface area contributed by atoms with E-state index in [1.807, 2.05) is 6.26 Å². The average molecular weight is 286 g/mol. The fourth-order valence-corrected chi connectivity index (χ4v) is 3.93. The maximum atomic E-state index is 11.0. The molecule has 1 aromatic heterocycles. The van der Waals surface area contributed by atoms with Crippen LogP contribution in [0.15, 0.2) is 4.90 Å². The average Bonchev–Trinajstić information content (AvgIpc) is 2.70. The second kappa shape index (κ2) is 5.79. The Labute approximate surface area is 115 Å². The van der Waals surface area contributed by atoms with Crippen molar-refractivity contribution in [2.45, 2.75) is 30.7 Å². The molecule has 0 saturated carbocycles. The summed E-state index contributed by atoms with van der Waals surface area (Å²) in [4.78, 5) is 14.4. The van der Waals surface area contributed by atoms with Crippen LogP contribution in [0.4, 0.5) is 10.8 Å². The van der Waals surface area contributed by atoms with Crippen molar-refractivity contribution < 1.29 is 4.79 Å². The first-order valence-electron chi connectivity index (χ1n) is 5.93. The van der Waals surface area contributed by atoms with Crippen LogP contribution in [0.2, 0.25) is 0 Å². The number of hydrogen-bond acceptors (Lipinski definition) is 6. The first kappa shape index (κ1) is 13.5. The van der Waals surface area contributed by atoms with Gasteiger partial charge in [0.1, 0.15) is 5.00 Å². The van der Waals surface area contributed by atoms with E-state index in [9.17, 15) is 4.79 Å². The second-order valence-corrected chi connectivity index (χ2v) is 5.94. The summed E-state index contributed by atoms with van der Waals surface area (Å²) in [6.45, 7) is 3.46. The minimum Gasteiger partial charge on any atom is -0.382 e. The first-order chi connectivity index (χ1) is 8.61. The number of rotatable bonds is 3. The lowest BCUT2D eigenvalue weighted by Gasteiger charge is -2.33. The molecular weight excluding hydrogens is 268 g/mol. The van der Waals surface area contributed by atoms with Gasteiger partial charge in [0.2, 0.25) is 5.91 Å². The molecule has 100 valence electrons. The van der Waals surface area contributed by atoms with Crippen molar-refractivity contribution in [2.75, 3.05) is 30.0 Å². The largest absolute Gasteiger partial charge is 0.382 e. The number of nitrogens with two attached hydrogens (primary N) is 1. The Morgan fingerprint density at radius 1 is 1.56 bits per heavy atom. The third-order valence-electron chi connectivity index (χ3n) is 3.05. The highest BCUT2D eigenvalue weighted by Gasteiger charge is 2.23. The van der Waals surface area contributed by atoms with Crippen molar-refractivity contribution in [3.63, 3.8) is 0 Å². The van der Waals surface area contributed by atoms with Gasteiger partial charge in [0.05, 0.1) is 4.90 Å². The molecule has 1 aliphatic rings. The highest BCUT2D eigenvalue weighted by Crippen LogP contribution is 2.38. The number of amides is 1. The van der Waals surface area contributed by atoms with Gasteiger partial charge in [0, 0.05) is 26.1 Å². The molecule has 0 aliphatic carbocycles. The topological polar surface area (TPSA) is 71.2 Å². The third-order valence-corrected chi connectivity index (χ3v) is 4.91. The molecule has 2 heterocycles. The monoisotopic (exact) mass is 286 g/mol. The van der Waals surface area contributed by atoms with Crippen molar-refractivity contribution in [3.05, 3.63) is 0 Å². The molecule has 1 amide bonds. The standard InChI is InChI=1S/C11H18N4OS2/c1-7(16)13-8-3-5-15(6-4-8)11-9(17-2)10(12)14-18-11/h8H,3-6H2,1-2H3,(H2,12,14)(H,13,16). The summed E-state index contributed by atoms with van der Waals surface area (Å²) < 4.78 is 4.22. The zero-order valence-corrected chi connectivity index (χ0v) is 12.2. The molecule has 0 atom stereocenters. The maximum absolute atomic E-state index is 11.0. The number of nitrogens with one attached hydrogen (secondary N) is 1. The van der Waals surface area contributed by atoms with Gasteiger partial charge in [0.25, 0.3) is 0 Å². The van der Waals surface area contributed by atoms with Gasteiger partial charge >= 0.3 is 0 Å². The van der Waals surface area contributed by atoms with Gasteiger partial charge in [-0.1, -0.05) is 0 Å². The molecule has 1 fully saturated rings. The normalized spacial score (nSPS) is 16.9. The molecule has 3 N–H and O–H groups in total. The number of aromatic nitrogens is 1. The van der Waals surface area contributed by atoms with Crippen LogP contribution in [0.1, 0.15) is 19.8 Å². The van der Waals surface area contributed by atoms with E-state index in [0.717, 1.165) is 30.8 Å². The molecule has 5 nitrogen and oxygen atoms in total. The Morgan fingerprint density at radius 3 is 2.78 bits per heavy atom. The lowest BCUT2D eigenvalue weighted by atomic mass is 10.1. The molecule has 1 aromatic rings. The van der Waals surface area contributed by atoms with Crippen LogP contribution in [-0.4, -0.2) is 35.7 Å². The molecular formula is C11H18N4OS2. The summed E-state index contributed by atoms with van der Waals surface area (Å²) in [5.41, 5.74) is 5.85. The van der Waals surface area contributed by atoms with Gasteiger partial charge in [-0.25, -0.2) is 0 Å². The van der Waals surface area contributed by atoms with E-state index in [-0.39, 0.29) is 5.91 Å². The third kappa shape index (κ3) is 2.89. The number of piperidine rings is 1. The molecule has 0 unspecified atom stereocenters. The molecule has 7 heteroatoms. The molecule has 0 bridgehead atoms. The van der Waals surface area contributed by atoms with Crippen LogP contribution in [0.5, 0.6) is 0 Å². The summed E-state index contributed by atoms with van der Waals surface area (Å²) >= 11 is 3.11. The fraction of sp³-hybridized carbons (Fsp3) is 0.636. The Hall–Kier alpha value is -0.950. The van der Waals surface area contributed by atoms with E-state index < -0.39 is 0 Å². The van der Waals surface area contributed by atoms with Crippen LogP contribution in [0, 0.1) is 0 Å². The van der Waals surface area contributed by atoms with E-state index in [2.05, 4.69) is 14.6 Å². The Morgan fingerprint density at radius 2 is 2.22 bits per heavy atom. The number of carbonyl (C=O) groups excluding carboxylic acids is 1. The van der Waals surface area contributed by atoms with Gasteiger partial charge in [-0.2, -0.15) is 4.37 Å². The van der Waals surface area contributed by atoms with Crippen LogP contribution in [0.25, 0.3) is 0 Å². The van der Waals surface area contributed by atoms with Crippen LogP contribution in [0.3, 0.4) is 0 Å². The van der Waals surface area contributed by atoms with Crippen LogP contribution in [-0.2, 0) is 4.79 Å². The fourth-order valence-electron chi connectivity index (χ4n) is 2.19. The van der Waals surface area contributed by atoms with Gasteiger partial charge in [-0.3, -0.25) is 4.79 Å². The minimum absolute atomic E-state index is 0.0558. The Bertz CT molecular complexity index is 427. The van der Waals surface area contributed by atoms with E-state index in [0.29, 0.717) is 11.9 Å². The summed E-state index contributed by atoms with van der Waals surface area (Å²) in [7, 11) is 0. The lowest BCUT2D eigenvalue weighted by molar-refractivity contribution is -0.119. The molecule has 0 aromatic carbocycles. The van der Waals surface area contributed by atoms with Crippen molar-refractivity contribution in [2.24, 2.45) is 0 Å². The minimum atomic E-state index is 0.0558. The highest BCUT2D eigenvalue weighted by atomic mass is 32.2. The predicted octanol–water partition coefficient (Wildman–Crippen LogP) is 1.55. The summed E-state index contributed by atoms with van der Waals surface area (Å²) in [6.07, 6.45) is 3.98. The van der Waals surface area contributed by atoms with Crippen LogP contribution >= 0.6 is 23.3 Å². The Kier molecular flexibility index (Phi) is 4.34. The SMILES string of the molecule is CSc1c(N)nsc1N1CCC(NC(C)=O)CC1. The summed E-state index contributed by atoms with van der Waals surface area (Å²) in [6, 6.07) is 0.307. The Balaban J connectivity index is 1.99. The zero-order valence-electron chi connectivity index (χ0n) is 10.6. The van der Waals surface area contributed by atoms with Gasteiger partial charge in [-0.15, -0.1) is 11.8 Å².